The maximum atomic E-state index is 5.55. The molecule has 2 aromatic rings. The lowest BCUT2D eigenvalue weighted by atomic mass is 10.3. The Balaban J connectivity index is 1.66. The van der Waals surface area contributed by atoms with Crippen LogP contribution < -0.4 is 14.8 Å². The van der Waals surface area contributed by atoms with Crippen LogP contribution in [0.2, 0.25) is 0 Å². The molecule has 0 aliphatic rings. The fraction of sp³-hybridized carbons (Fsp3) is 0.353. The summed E-state index contributed by atoms with van der Waals surface area (Å²) in [5.74, 6) is 1.48. The Kier molecular flexibility index (Phi) is 6.55. The van der Waals surface area contributed by atoms with Crippen LogP contribution in [-0.2, 0) is 6.54 Å². The van der Waals surface area contributed by atoms with Crippen LogP contribution in [0.4, 0.5) is 0 Å². The van der Waals surface area contributed by atoms with Gasteiger partial charge in [-0.2, -0.15) is 0 Å². The summed E-state index contributed by atoms with van der Waals surface area (Å²) in [6.45, 7) is 5.01. The Labute approximate surface area is 126 Å². The highest BCUT2D eigenvalue weighted by Gasteiger charge is 1.98. The van der Waals surface area contributed by atoms with Crippen LogP contribution in [0.1, 0.15) is 18.9 Å². The fourth-order valence-corrected chi connectivity index (χ4v) is 1.83. The molecule has 0 saturated heterocycles. The van der Waals surface area contributed by atoms with E-state index in [0.29, 0.717) is 19.1 Å². The lowest BCUT2D eigenvalue weighted by molar-refractivity contribution is 0.212. The van der Waals surface area contributed by atoms with Gasteiger partial charge in [0, 0.05) is 18.8 Å². The number of hydrogen-bond donors (Lipinski definition) is 1. The minimum absolute atomic E-state index is 0.481. The van der Waals surface area contributed by atoms with Crippen LogP contribution in [0.15, 0.2) is 48.7 Å². The van der Waals surface area contributed by atoms with E-state index in [0.717, 1.165) is 30.8 Å². The number of benzene rings is 1. The van der Waals surface area contributed by atoms with Crippen molar-refractivity contribution in [1.29, 1.82) is 0 Å². The van der Waals surface area contributed by atoms with Crippen molar-refractivity contribution >= 4 is 0 Å². The number of nitrogens with one attached hydrogen (secondary N) is 1. The second-order valence-corrected chi connectivity index (χ2v) is 4.69. The van der Waals surface area contributed by atoms with Crippen LogP contribution in [-0.4, -0.2) is 24.7 Å². The molecule has 0 unspecified atom stereocenters. The van der Waals surface area contributed by atoms with Gasteiger partial charge in [0.25, 0.3) is 0 Å². The number of nitrogens with zero attached hydrogens (tertiary/aromatic N) is 1. The molecule has 0 saturated carbocycles. The van der Waals surface area contributed by atoms with Crippen molar-refractivity contribution in [2.45, 2.75) is 19.9 Å². The first-order chi connectivity index (χ1) is 10.4. The van der Waals surface area contributed by atoms with Gasteiger partial charge in [-0.1, -0.05) is 31.2 Å². The molecule has 0 atom stereocenters. The highest BCUT2D eigenvalue weighted by molar-refractivity contribution is 5.21. The Hall–Kier alpha value is -2.07. The normalized spacial score (nSPS) is 10.3. The molecule has 1 N–H and O–H groups in total. The zero-order chi connectivity index (χ0) is 14.8. The van der Waals surface area contributed by atoms with Crippen molar-refractivity contribution in [2.24, 2.45) is 0 Å². The number of para-hydroxylation sites is 1. The van der Waals surface area contributed by atoms with Crippen LogP contribution in [0.25, 0.3) is 0 Å². The van der Waals surface area contributed by atoms with E-state index in [1.807, 2.05) is 48.7 Å². The first-order valence-electron chi connectivity index (χ1n) is 7.35. The minimum atomic E-state index is 0.481. The van der Waals surface area contributed by atoms with Gasteiger partial charge >= 0.3 is 0 Å². The van der Waals surface area contributed by atoms with E-state index in [1.54, 1.807) is 0 Å². The fourth-order valence-electron chi connectivity index (χ4n) is 1.83. The monoisotopic (exact) mass is 286 g/mol. The van der Waals surface area contributed by atoms with Crippen molar-refractivity contribution in [2.75, 3.05) is 19.8 Å². The van der Waals surface area contributed by atoms with Crippen molar-refractivity contribution < 1.29 is 9.47 Å². The van der Waals surface area contributed by atoms with Gasteiger partial charge in [0.1, 0.15) is 19.0 Å². The molecule has 1 aromatic heterocycles. The molecule has 0 bridgehead atoms. The van der Waals surface area contributed by atoms with Crippen molar-refractivity contribution in [3.05, 3.63) is 54.2 Å². The molecule has 4 heteroatoms. The number of rotatable bonds is 9. The van der Waals surface area contributed by atoms with E-state index in [1.165, 1.54) is 0 Å². The molecule has 0 spiro atoms. The lowest BCUT2D eigenvalue weighted by Gasteiger charge is -2.08. The standard InChI is InChI=1S/C17H22N2O2/c1-2-10-18-13-15-8-9-17(19-14-15)21-12-11-20-16-6-4-3-5-7-16/h3-9,14,18H,2,10-13H2,1H3. The summed E-state index contributed by atoms with van der Waals surface area (Å²) in [6, 6.07) is 13.6. The maximum absolute atomic E-state index is 5.55. The maximum Gasteiger partial charge on any atom is 0.213 e. The average molecular weight is 286 g/mol. The molecule has 0 fully saturated rings. The summed E-state index contributed by atoms with van der Waals surface area (Å²) in [4.78, 5) is 4.28. The topological polar surface area (TPSA) is 43.4 Å². The zero-order valence-electron chi connectivity index (χ0n) is 12.4. The van der Waals surface area contributed by atoms with E-state index < -0.39 is 0 Å². The number of pyridine rings is 1. The van der Waals surface area contributed by atoms with E-state index in [-0.39, 0.29) is 0 Å². The quantitative estimate of drug-likeness (QED) is 0.720. The molecule has 0 amide bonds. The smallest absolute Gasteiger partial charge is 0.213 e. The van der Waals surface area contributed by atoms with Crippen molar-refractivity contribution in [1.82, 2.24) is 10.3 Å². The number of hydrogen-bond acceptors (Lipinski definition) is 4. The van der Waals surface area contributed by atoms with Gasteiger partial charge in [-0.15, -0.1) is 0 Å². The highest BCUT2D eigenvalue weighted by atomic mass is 16.5. The Morgan fingerprint density at radius 3 is 2.52 bits per heavy atom. The van der Waals surface area contributed by atoms with Crippen LogP contribution in [0.3, 0.4) is 0 Å². The van der Waals surface area contributed by atoms with Crippen molar-refractivity contribution in [3.63, 3.8) is 0 Å². The average Bonchev–Trinajstić information content (AvgIpc) is 2.54. The predicted molar refractivity (Wildman–Crippen MR) is 83.7 cm³/mol. The van der Waals surface area contributed by atoms with Crippen LogP contribution >= 0.6 is 0 Å². The largest absolute Gasteiger partial charge is 0.490 e. The van der Waals surface area contributed by atoms with Gasteiger partial charge in [-0.3, -0.25) is 0 Å². The number of aromatic nitrogens is 1. The molecule has 0 aliphatic carbocycles. The van der Waals surface area contributed by atoms with E-state index in [4.69, 9.17) is 9.47 Å². The molecule has 21 heavy (non-hydrogen) atoms. The third-order valence-corrected chi connectivity index (χ3v) is 2.90. The molecule has 2 rings (SSSR count). The Morgan fingerprint density at radius 1 is 1.00 bits per heavy atom. The highest BCUT2D eigenvalue weighted by Crippen LogP contribution is 2.09. The predicted octanol–water partition coefficient (Wildman–Crippen LogP) is 3.04. The van der Waals surface area contributed by atoms with Gasteiger partial charge in [0.15, 0.2) is 0 Å². The first-order valence-corrected chi connectivity index (χ1v) is 7.35. The summed E-state index contributed by atoms with van der Waals surface area (Å²) >= 11 is 0. The van der Waals surface area contributed by atoms with Gasteiger partial charge in [0.05, 0.1) is 0 Å². The second kappa shape index (κ2) is 8.97. The number of ether oxygens (including phenoxy) is 2. The first kappa shape index (κ1) is 15.3. The summed E-state index contributed by atoms with van der Waals surface area (Å²) < 4.78 is 11.1. The molecule has 1 heterocycles. The molecule has 1 aromatic carbocycles. The molecule has 0 radical (unpaired) electrons. The Morgan fingerprint density at radius 2 is 1.81 bits per heavy atom. The molecule has 0 aliphatic heterocycles. The molecular weight excluding hydrogens is 264 g/mol. The third-order valence-electron chi connectivity index (χ3n) is 2.90. The molecule has 112 valence electrons. The molecule has 4 nitrogen and oxygen atoms in total. The van der Waals surface area contributed by atoms with E-state index >= 15 is 0 Å². The SMILES string of the molecule is CCCNCc1ccc(OCCOc2ccccc2)nc1. The van der Waals surface area contributed by atoms with Crippen molar-refractivity contribution in [3.8, 4) is 11.6 Å². The van der Waals surface area contributed by atoms with Crippen LogP contribution in [0.5, 0.6) is 11.6 Å². The summed E-state index contributed by atoms with van der Waals surface area (Å²) in [7, 11) is 0. The summed E-state index contributed by atoms with van der Waals surface area (Å²) in [6.07, 6.45) is 2.98. The summed E-state index contributed by atoms with van der Waals surface area (Å²) in [5.41, 5.74) is 1.16. The van der Waals surface area contributed by atoms with Gasteiger partial charge in [-0.25, -0.2) is 4.98 Å². The van der Waals surface area contributed by atoms with E-state index in [9.17, 15) is 0 Å². The minimum Gasteiger partial charge on any atom is -0.490 e. The third kappa shape index (κ3) is 5.83. The van der Waals surface area contributed by atoms with E-state index in [2.05, 4.69) is 17.2 Å². The van der Waals surface area contributed by atoms with Gasteiger partial charge in [0.2, 0.25) is 5.88 Å². The molecular formula is C17H22N2O2. The van der Waals surface area contributed by atoms with Gasteiger partial charge < -0.3 is 14.8 Å². The Bertz CT molecular complexity index is 500. The summed E-state index contributed by atoms with van der Waals surface area (Å²) in [5, 5.41) is 3.34. The van der Waals surface area contributed by atoms with Gasteiger partial charge in [-0.05, 0) is 30.7 Å². The lowest BCUT2D eigenvalue weighted by Crippen LogP contribution is -2.14. The zero-order valence-corrected chi connectivity index (χ0v) is 12.4. The second-order valence-electron chi connectivity index (χ2n) is 4.69. The van der Waals surface area contributed by atoms with Crippen LogP contribution in [0, 0.1) is 0 Å².